The van der Waals surface area contributed by atoms with E-state index in [2.05, 4.69) is 30.3 Å². The molecule has 0 aromatic heterocycles. The van der Waals surface area contributed by atoms with Crippen molar-refractivity contribution in [2.45, 2.75) is 62.7 Å². The van der Waals surface area contributed by atoms with Crippen molar-refractivity contribution in [1.29, 1.82) is 0 Å². The molecule has 2 unspecified atom stereocenters. The van der Waals surface area contributed by atoms with E-state index in [0.29, 0.717) is 4.75 Å². The number of hydrogen-bond donors (Lipinski definition) is 1. The van der Waals surface area contributed by atoms with Crippen molar-refractivity contribution < 1.29 is 0 Å². The molecule has 2 aliphatic rings. The Balaban J connectivity index is 1.70. The number of nitrogens with one attached hydrogen (secondary N) is 1. The summed E-state index contributed by atoms with van der Waals surface area (Å²) < 4.78 is 0.638. The molecule has 0 amide bonds. The monoisotopic (exact) mass is 227 g/mol. The largest absolute Gasteiger partial charge is 0.313 e. The van der Waals surface area contributed by atoms with Crippen LogP contribution in [0.5, 0.6) is 0 Å². The van der Waals surface area contributed by atoms with Crippen LogP contribution in [0, 0.1) is 5.92 Å². The maximum absolute atomic E-state index is 3.82. The SMILES string of the molecule is CCC1CCCC(NCC2(SC)CC2)C1. The molecule has 2 aliphatic carbocycles. The standard InChI is InChI=1S/C13H25NS/c1-3-11-5-4-6-12(9-11)14-10-13(15-2)7-8-13/h11-12,14H,3-10H2,1-2H3. The molecular weight excluding hydrogens is 202 g/mol. The van der Waals surface area contributed by atoms with Crippen LogP contribution in [-0.2, 0) is 0 Å². The fourth-order valence-corrected chi connectivity index (χ4v) is 3.51. The van der Waals surface area contributed by atoms with Gasteiger partial charge in [-0.05, 0) is 37.9 Å². The van der Waals surface area contributed by atoms with Gasteiger partial charge >= 0.3 is 0 Å². The molecule has 1 nitrogen and oxygen atoms in total. The third kappa shape index (κ3) is 3.13. The van der Waals surface area contributed by atoms with Crippen molar-refractivity contribution in [3.05, 3.63) is 0 Å². The molecule has 2 heteroatoms. The summed E-state index contributed by atoms with van der Waals surface area (Å²) in [7, 11) is 0. The van der Waals surface area contributed by atoms with Gasteiger partial charge in [0.2, 0.25) is 0 Å². The molecular formula is C13H25NS. The van der Waals surface area contributed by atoms with Gasteiger partial charge in [-0.3, -0.25) is 0 Å². The van der Waals surface area contributed by atoms with E-state index in [4.69, 9.17) is 0 Å². The fraction of sp³-hybridized carbons (Fsp3) is 1.00. The summed E-state index contributed by atoms with van der Waals surface area (Å²) in [5.41, 5.74) is 0. The molecule has 0 radical (unpaired) electrons. The Morgan fingerprint density at radius 1 is 1.33 bits per heavy atom. The molecule has 88 valence electrons. The molecule has 0 heterocycles. The molecule has 0 aromatic carbocycles. The lowest BCUT2D eigenvalue weighted by Gasteiger charge is -2.30. The van der Waals surface area contributed by atoms with Crippen LogP contribution in [0.15, 0.2) is 0 Å². The van der Waals surface area contributed by atoms with Gasteiger partial charge in [-0.15, -0.1) is 0 Å². The van der Waals surface area contributed by atoms with Crippen LogP contribution in [0.4, 0.5) is 0 Å². The zero-order valence-electron chi connectivity index (χ0n) is 10.2. The Bertz CT molecular complexity index is 201. The first-order chi connectivity index (χ1) is 7.28. The lowest BCUT2D eigenvalue weighted by atomic mass is 9.84. The van der Waals surface area contributed by atoms with E-state index in [9.17, 15) is 0 Å². The normalized spacial score (nSPS) is 34.0. The predicted octanol–water partition coefficient (Wildman–Crippen LogP) is 3.44. The molecule has 2 saturated carbocycles. The Morgan fingerprint density at radius 3 is 2.73 bits per heavy atom. The first-order valence-corrected chi connectivity index (χ1v) is 7.79. The predicted molar refractivity (Wildman–Crippen MR) is 69.5 cm³/mol. The summed E-state index contributed by atoms with van der Waals surface area (Å²) in [6, 6.07) is 0.827. The van der Waals surface area contributed by atoms with Gasteiger partial charge < -0.3 is 5.32 Å². The molecule has 0 saturated heterocycles. The summed E-state index contributed by atoms with van der Waals surface area (Å²) in [5.74, 6) is 1.00. The van der Waals surface area contributed by atoms with Crippen molar-refractivity contribution in [3.8, 4) is 0 Å². The van der Waals surface area contributed by atoms with Gasteiger partial charge in [0.25, 0.3) is 0 Å². The summed E-state index contributed by atoms with van der Waals surface area (Å²) in [4.78, 5) is 0. The van der Waals surface area contributed by atoms with E-state index in [0.717, 1.165) is 12.0 Å². The topological polar surface area (TPSA) is 12.0 Å². The van der Waals surface area contributed by atoms with E-state index < -0.39 is 0 Å². The summed E-state index contributed by atoms with van der Waals surface area (Å²) in [6.45, 7) is 3.60. The van der Waals surface area contributed by atoms with E-state index >= 15 is 0 Å². The van der Waals surface area contributed by atoms with Gasteiger partial charge in [0, 0.05) is 17.3 Å². The van der Waals surface area contributed by atoms with Crippen LogP contribution in [0.1, 0.15) is 51.9 Å². The van der Waals surface area contributed by atoms with Crippen molar-refractivity contribution >= 4 is 11.8 Å². The zero-order chi connectivity index (χ0) is 10.7. The van der Waals surface area contributed by atoms with Crippen molar-refractivity contribution in [2.75, 3.05) is 12.8 Å². The average molecular weight is 227 g/mol. The second-order valence-corrected chi connectivity index (χ2v) is 6.68. The minimum absolute atomic E-state index is 0.638. The van der Waals surface area contributed by atoms with E-state index in [-0.39, 0.29) is 0 Å². The molecule has 15 heavy (non-hydrogen) atoms. The molecule has 2 rings (SSSR count). The maximum Gasteiger partial charge on any atom is 0.0282 e. The van der Waals surface area contributed by atoms with Crippen LogP contribution in [0.2, 0.25) is 0 Å². The molecule has 0 spiro atoms. The highest BCUT2D eigenvalue weighted by atomic mass is 32.2. The molecule has 0 bridgehead atoms. The first kappa shape index (κ1) is 11.8. The highest BCUT2D eigenvalue weighted by molar-refractivity contribution is 8.00. The summed E-state index contributed by atoms with van der Waals surface area (Å²) in [5, 5.41) is 3.82. The van der Waals surface area contributed by atoms with Gasteiger partial charge in [-0.25, -0.2) is 0 Å². The molecule has 1 N–H and O–H groups in total. The second-order valence-electron chi connectivity index (χ2n) is 5.41. The lowest BCUT2D eigenvalue weighted by molar-refractivity contribution is 0.279. The smallest absolute Gasteiger partial charge is 0.0282 e. The van der Waals surface area contributed by atoms with Gasteiger partial charge in [0.1, 0.15) is 0 Å². The van der Waals surface area contributed by atoms with Crippen LogP contribution in [-0.4, -0.2) is 23.6 Å². The Labute approximate surface area is 98.8 Å². The number of thioether (sulfide) groups is 1. The van der Waals surface area contributed by atoms with Crippen molar-refractivity contribution in [3.63, 3.8) is 0 Å². The Kier molecular flexibility index (Phi) is 4.00. The number of hydrogen-bond acceptors (Lipinski definition) is 2. The van der Waals surface area contributed by atoms with Crippen LogP contribution in [0.3, 0.4) is 0 Å². The van der Waals surface area contributed by atoms with E-state index in [1.807, 2.05) is 0 Å². The summed E-state index contributed by atoms with van der Waals surface area (Å²) >= 11 is 2.07. The fourth-order valence-electron chi connectivity index (χ4n) is 2.77. The highest BCUT2D eigenvalue weighted by Gasteiger charge is 2.41. The van der Waals surface area contributed by atoms with Crippen molar-refractivity contribution in [1.82, 2.24) is 5.32 Å². The zero-order valence-corrected chi connectivity index (χ0v) is 11.0. The van der Waals surface area contributed by atoms with Gasteiger partial charge in [0.05, 0.1) is 0 Å². The van der Waals surface area contributed by atoms with Crippen LogP contribution in [0.25, 0.3) is 0 Å². The minimum atomic E-state index is 0.638. The summed E-state index contributed by atoms with van der Waals surface area (Å²) in [6.07, 6.45) is 12.3. The highest BCUT2D eigenvalue weighted by Crippen LogP contribution is 2.46. The van der Waals surface area contributed by atoms with E-state index in [1.54, 1.807) is 0 Å². The maximum atomic E-state index is 3.82. The number of rotatable bonds is 5. The Morgan fingerprint density at radius 2 is 2.13 bits per heavy atom. The third-order valence-corrected chi connectivity index (χ3v) is 5.73. The minimum Gasteiger partial charge on any atom is -0.313 e. The second kappa shape index (κ2) is 5.09. The first-order valence-electron chi connectivity index (χ1n) is 6.56. The quantitative estimate of drug-likeness (QED) is 0.772. The molecule has 2 fully saturated rings. The lowest BCUT2D eigenvalue weighted by Crippen LogP contribution is -2.38. The third-order valence-electron chi connectivity index (χ3n) is 4.31. The van der Waals surface area contributed by atoms with Gasteiger partial charge in [-0.2, -0.15) is 11.8 Å². The molecule has 0 aromatic rings. The van der Waals surface area contributed by atoms with Gasteiger partial charge in [-0.1, -0.05) is 26.2 Å². The van der Waals surface area contributed by atoms with Gasteiger partial charge in [0.15, 0.2) is 0 Å². The molecule has 2 atom stereocenters. The Hall–Kier alpha value is 0.310. The van der Waals surface area contributed by atoms with Crippen molar-refractivity contribution in [2.24, 2.45) is 5.92 Å². The van der Waals surface area contributed by atoms with E-state index in [1.165, 1.54) is 51.5 Å². The molecule has 0 aliphatic heterocycles. The van der Waals surface area contributed by atoms with Crippen LogP contribution < -0.4 is 5.32 Å². The average Bonchev–Trinajstić information content (AvgIpc) is 3.07. The van der Waals surface area contributed by atoms with Crippen LogP contribution >= 0.6 is 11.8 Å².